The van der Waals surface area contributed by atoms with Gasteiger partial charge in [0.2, 0.25) is 11.9 Å². The molecule has 0 spiro atoms. The predicted octanol–water partition coefficient (Wildman–Crippen LogP) is 5.55. The number of halogens is 5. The van der Waals surface area contributed by atoms with E-state index in [0.29, 0.717) is 11.4 Å². The minimum Gasteiger partial charge on any atom is -0.276 e. The van der Waals surface area contributed by atoms with Crippen LogP contribution in [0.5, 0.6) is 0 Å². The smallest absolute Gasteiger partial charge is 0.276 e. The van der Waals surface area contributed by atoms with Crippen molar-refractivity contribution in [1.29, 1.82) is 0 Å². The van der Waals surface area contributed by atoms with Gasteiger partial charge in [0.25, 0.3) is 0 Å². The molecule has 0 atom stereocenters. The van der Waals surface area contributed by atoms with Gasteiger partial charge in [-0.15, -0.1) is 0 Å². The average Bonchev–Trinajstić information content (AvgIpc) is 3.25. The number of H-pyrrole nitrogens is 1. The van der Waals surface area contributed by atoms with Crippen molar-refractivity contribution < 1.29 is 22.0 Å². The van der Waals surface area contributed by atoms with Crippen LogP contribution in [0.2, 0.25) is 0 Å². The van der Waals surface area contributed by atoms with Crippen LogP contribution in [0.15, 0.2) is 54.6 Å². The molecule has 4 heterocycles. The molecule has 0 aliphatic heterocycles. The third-order valence-electron chi connectivity index (χ3n) is 5.01. The van der Waals surface area contributed by atoms with E-state index in [9.17, 15) is 22.0 Å². The summed E-state index contributed by atoms with van der Waals surface area (Å²) < 4.78 is 65.9. The molecule has 0 fully saturated rings. The Morgan fingerprint density at radius 1 is 0.750 bits per heavy atom. The Morgan fingerprint density at radius 3 is 1.97 bits per heavy atom. The van der Waals surface area contributed by atoms with Crippen molar-refractivity contribution >= 4 is 0 Å². The van der Waals surface area contributed by atoms with Crippen LogP contribution in [0.1, 0.15) is 30.9 Å². The summed E-state index contributed by atoms with van der Waals surface area (Å²) in [6.07, 6.45) is -4.57. The minimum atomic E-state index is -4.57. The monoisotopic (exact) mass is 445 g/mol. The molecule has 0 amide bonds. The molecule has 4 rings (SSSR count). The molecule has 0 unspecified atom stereocenters. The summed E-state index contributed by atoms with van der Waals surface area (Å²) in [5.41, 5.74) is -0.0570. The van der Waals surface area contributed by atoms with Crippen LogP contribution >= 0.6 is 0 Å². The maximum absolute atomic E-state index is 14.1. The van der Waals surface area contributed by atoms with E-state index in [4.69, 9.17) is 0 Å². The topological polar surface area (TPSA) is 67.3 Å². The van der Waals surface area contributed by atoms with Gasteiger partial charge >= 0.3 is 6.18 Å². The molecule has 0 bridgehead atoms. The summed E-state index contributed by atoms with van der Waals surface area (Å²) in [6, 6.07) is 13.1. The van der Waals surface area contributed by atoms with E-state index in [0.717, 1.165) is 12.1 Å². The highest BCUT2D eigenvalue weighted by atomic mass is 19.4. The summed E-state index contributed by atoms with van der Waals surface area (Å²) in [6.45, 7) is 3.66. The Balaban J connectivity index is 1.71. The van der Waals surface area contributed by atoms with Gasteiger partial charge in [-0.1, -0.05) is 12.1 Å². The number of pyridine rings is 3. The molecule has 32 heavy (non-hydrogen) atoms. The van der Waals surface area contributed by atoms with Gasteiger partial charge in [0.1, 0.15) is 0 Å². The summed E-state index contributed by atoms with van der Waals surface area (Å²) in [5.74, 6) is -1.91. The second-order valence-electron chi connectivity index (χ2n) is 7.58. The van der Waals surface area contributed by atoms with Crippen molar-refractivity contribution in [3.8, 4) is 22.6 Å². The highest BCUT2D eigenvalue weighted by molar-refractivity contribution is 5.59. The van der Waals surface area contributed by atoms with Crippen LogP contribution in [0.3, 0.4) is 0 Å². The van der Waals surface area contributed by atoms with E-state index in [1.807, 2.05) is 13.8 Å². The first kappa shape index (κ1) is 21.5. The highest BCUT2D eigenvalue weighted by Gasteiger charge is 2.34. The lowest BCUT2D eigenvalue weighted by Crippen LogP contribution is -2.22. The van der Waals surface area contributed by atoms with Crippen molar-refractivity contribution in [3.63, 3.8) is 0 Å². The van der Waals surface area contributed by atoms with Gasteiger partial charge in [0.05, 0.1) is 34.0 Å². The van der Waals surface area contributed by atoms with Crippen LogP contribution in [0.4, 0.5) is 22.0 Å². The Kier molecular flexibility index (Phi) is 5.23. The van der Waals surface area contributed by atoms with Crippen LogP contribution in [0.25, 0.3) is 22.6 Å². The van der Waals surface area contributed by atoms with E-state index < -0.39 is 29.2 Å². The maximum atomic E-state index is 14.1. The Morgan fingerprint density at radius 2 is 1.38 bits per heavy atom. The van der Waals surface area contributed by atoms with Gasteiger partial charge in [-0.3, -0.25) is 15.1 Å². The summed E-state index contributed by atoms with van der Waals surface area (Å²) >= 11 is 0. The zero-order valence-electron chi connectivity index (χ0n) is 16.9. The van der Waals surface area contributed by atoms with Crippen molar-refractivity contribution in [3.05, 3.63) is 83.6 Å². The lowest BCUT2D eigenvalue weighted by Gasteiger charge is -2.24. The zero-order valence-corrected chi connectivity index (χ0v) is 16.9. The van der Waals surface area contributed by atoms with Gasteiger partial charge < -0.3 is 0 Å². The SMILES string of the molecule is CC(C)(c1cccc(-c2cc(C(F)(F)F)n[nH]2)n1)c1cccc(-c2ccc(F)nc2F)n1. The molecule has 164 valence electrons. The molecule has 0 aromatic carbocycles. The molecule has 10 heteroatoms. The molecule has 0 saturated carbocycles. The van der Waals surface area contributed by atoms with Crippen molar-refractivity contribution in [1.82, 2.24) is 25.1 Å². The molecular formula is C22H16F5N5. The lowest BCUT2D eigenvalue weighted by atomic mass is 9.84. The Bertz CT molecular complexity index is 1280. The second-order valence-corrected chi connectivity index (χ2v) is 7.58. The van der Waals surface area contributed by atoms with Gasteiger partial charge in [-0.2, -0.15) is 32.0 Å². The maximum Gasteiger partial charge on any atom is 0.435 e. The summed E-state index contributed by atoms with van der Waals surface area (Å²) in [5, 5.41) is 5.66. The van der Waals surface area contributed by atoms with E-state index in [-0.39, 0.29) is 22.6 Å². The Hall–Kier alpha value is -3.69. The number of nitrogens with zero attached hydrogens (tertiary/aromatic N) is 4. The first-order valence-corrected chi connectivity index (χ1v) is 9.46. The molecule has 0 aliphatic carbocycles. The van der Waals surface area contributed by atoms with Crippen molar-refractivity contribution in [2.75, 3.05) is 0 Å². The fourth-order valence-electron chi connectivity index (χ4n) is 3.20. The average molecular weight is 445 g/mol. The molecule has 0 saturated heterocycles. The number of aromatic amines is 1. The van der Waals surface area contributed by atoms with Crippen molar-refractivity contribution in [2.45, 2.75) is 25.4 Å². The van der Waals surface area contributed by atoms with E-state index in [1.54, 1.807) is 36.4 Å². The summed E-state index contributed by atoms with van der Waals surface area (Å²) in [4.78, 5) is 12.2. The molecule has 0 aliphatic rings. The van der Waals surface area contributed by atoms with Crippen LogP contribution in [-0.4, -0.2) is 25.1 Å². The molecule has 4 aromatic heterocycles. The molecule has 4 aromatic rings. The minimum absolute atomic E-state index is 0.0444. The molecule has 1 N–H and O–H groups in total. The van der Waals surface area contributed by atoms with Gasteiger partial charge in [0, 0.05) is 5.41 Å². The fraction of sp³-hybridized carbons (Fsp3) is 0.182. The fourth-order valence-corrected chi connectivity index (χ4v) is 3.20. The van der Waals surface area contributed by atoms with E-state index >= 15 is 0 Å². The number of nitrogens with one attached hydrogen (secondary N) is 1. The van der Waals surface area contributed by atoms with Gasteiger partial charge in [-0.05, 0) is 56.3 Å². The number of rotatable bonds is 4. The summed E-state index contributed by atoms with van der Waals surface area (Å²) in [7, 11) is 0. The molecule has 5 nitrogen and oxygen atoms in total. The van der Waals surface area contributed by atoms with Crippen LogP contribution < -0.4 is 0 Å². The predicted molar refractivity (Wildman–Crippen MR) is 106 cm³/mol. The normalized spacial score (nSPS) is 12.2. The number of hydrogen-bond donors (Lipinski definition) is 1. The first-order valence-electron chi connectivity index (χ1n) is 9.46. The molecule has 0 radical (unpaired) electrons. The Labute approximate surface area is 179 Å². The van der Waals surface area contributed by atoms with Crippen molar-refractivity contribution in [2.24, 2.45) is 0 Å². The quantitative estimate of drug-likeness (QED) is 0.330. The highest BCUT2D eigenvalue weighted by Crippen LogP contribution is 2.33. The number of alkyl halides is 3. The third kappa shape index (κ3) is 4.08. The second kappa shape index (κ2) is 7.77. The lowest BCUT2D eigenvalue weighted by molar-refractivity contribution is -0.141. The number of aromatic nitrogens is 5. The van der Waals surface area contributed by atoms with Crippen LogP contribution in [-0.2, 0) is 11.6 Å². The van der Waals surface area contributed by atoms with E-state index in [1.165, 1.54) is 6.07 Å². The zero-order chi connectivity index (χ0) is 23.1. The molecular weight excluding hydrogens is 429 g/mol. The largest absolute Gasteiger partial charge is 0.435 e. The number of hydrogen-bond acceptors (Lipinski definition) is 4. The van der Waals surface area contributed by atoms with E-state index in [2.05, 4.69) is 25.1 Å². The van der Waals surface area contributed by atoms with Gasteiger partial charge in [-0.25, -0.2) is 0 Å². The standard InChI is InChI=1S/C22H16F5N5/c1-21(2,16-7-3-5-13(28-16)12-9-10-19(23)30-20(12)24)17-8-4-6-14(29-17)15-11-18(32-31-15)22(25,26)27/h3-11H,1-2H3,(H,31,32). The third-order valence-corrected chi connectivity index (χ3v) is 5.01. The van der Waals surface area contributed by atoms with Gasteiger partial charge in [0.15, 0.2) is 5.69 Å². The first-order chi connectivity index (χ1) is 15.1. The van der Waals surface area contributed by atoms with Crippen LogP contribution in [0, 0.1) is 11.9 Å².